The summed E-state index contributed by atoms with van der Waals surface area (Å²) < 4.78 is 62.5. The molecule has 0 saturated heterocycles. The van der Waals surface area contributed by atoms with Crippen molar-refractivity contribution >= 4 is 20.2 Å². The normalized spacial score (nSPS) is 16.7. The topological polar surface area (TPSA) is 158 Å². The predicted molar refractivity (Wildman–Crippen MR) is 55.7 cm³/mol. The van der Waals surface area contributed by atoms with E-state index < -0.39 is 57.2 Å². The zero-order valence-corrected chi connectivity index (χ0v) is 10.3. The molecule has 0 radical (unpaired) electrons. The summed E-state index contributed by atoms with van der Waals surface area (Å²) in [5.41, 5.74) is 0. The van der Waals surface area contributed by atoms with E-state index in [-0.39, 0.29) is 0 Å². The van der Waals surface area contributed by atoms with Gasteiger partial charge >= 0.3 is 0 Å². The lowest BCUT2D eigenvalue weighted by atomic mass is 10.4. The van der Waals surface area contributed by atoms with Crippen LogP contribution in [0, 0.1) is 0 Å². The molecule has 2 unspecified atom stereocenters. The highest BCUT2D eigenvalue weighted by Gasteiger charge is 2.17. The molecule has 0 bridgehead atoms. The molecular formula is C6H14O9S2. The number of hydrogen-bond donors (Lipinski definition) is 4. The van der Waals surface area contributed by atoms with Crippen molar-refractivity contribution in [2.75, 3.05) is 24.7 Å². The molecule has 0 saturated carbocycles. The van der Waals surface area contributed by atoms with Gasteiger partial charge in [0.2, 0.25) is 0 Å². The van der Waals surface area contributed by atoms with Gasteiger partial charge in [0.25, 0.3) is 20.2 Å². The van der Waals surface area contributed by atoms with Gasteiger partial charge in [-0.2, -0.15) is 16.8 Å². The van der Waals surface area contributed by atoms with Crippen LogP contribution >= 0.6 is 0 Å². The largest absolute Gasteiger partial charge is 0.390 e. The maximum Gasteiger partial charge on any atom is 0.267 e. The van der Waals surface area contributed by atoms with E-state index in [1.807, 2.05) is 0 Å². The summed E-state index contributed by atoms with van der Waals surface area (Å²) in [6.07, 6.45) is -2.99. The Morgan fingerprint density at radius 2 is 1.12 bits per heavy atom. The average Bonchev–Trinajstić information content (AvgIpc) is 1.95. The van der Waals surface area contributed by atoms with Crippen molar-refractivity contribution in [1.29, 1.82) is 0 Å². The molecule has 0 aromatic heterocycles. The van der Waals surface area contributed by atoms with Crippen LogP contribution in [0.5, 0.6) is 0 Å². The van der Waals surface area contributed by atoms with E-state index in [0.717, 1.165) is 0 Å². The molecule has 17 heavy (non-hydrogen) atoms. The Labute approximate surface area is 98.5 Å². The molecule has 2 atom stereocenters. The van der Waals surface area contributed by atoms with E-state index in [1.54, 1.807) is 0 Å². The zero-order valence-electron chi connectivity index (χ0n) is 8.63. The molecule has 0 aliphatic carbocycles. The molecule has 0 heterocycles. The fourth-order valence-corrected chi connectivity index (χ4v) is 2.09. The van der Waals surface area contributed by atoms with Gasteiger partial charge in [-0.3, -0.25) is 9.11 Å². The highest BCUT2D eigenvalue weighted by molar-refractivity contribution is 7.86. The van der Waals surface area contributed by atoms with Crippen molar-refractivity contribution in [1.82, 2.24) is 0 Å². The minimum Gasteiger partial charge on any atom is -0.390 e. The van der Waals surface area contributed by atoms with Crippen LogP contribution in [0.4, 0.5) is 0 Å². The zero-order chi connectivity index (χ0) is 13.7. The van der Waals surface area contributed by atoms with Crippen LogP contribution in [-0.2, 0) is 25.0 Å². The van der Waals surface area contributed by atoms with E-state index in [2.05, 4.69) is 4.74 Å². The average molecular weight is 294 g/mol. The Morgan fingerprint density at radius 3 is 1.35 bits per heavy atom. The summed E-state index contributed by atoms with van der Waals surface area (Å²) in [5.74, 6) is -1.86. The molecule has 0 aromatic carbocycles. The quantitative estimate of drug-likeness (QED) is 0.355. The molecule has 0 amide bonds. The first kappa shape index (κ1) is 16.7. The van der Waals surface area contributed by atoms with Crippen LogP contribution in [0.1, 0.15) is 0 Å². The van der Waals surface area contributed by atoms with Gasteiger partial charge in [0.05, 0.1) is 25.4 Å². The molecule has 0 fully saturated rings. The number of rotatable bonds is 8. The van der Waals surface area contributed by atoms with Gasteiger partial charge in [-0.25, -0.2) is 0 Å². The van der Waals surface area contributed by atoms with E-state index in [4.69, 9.17) is 19.3 Å². The third-order valence-corrected chi connectivity index (χ3v) is 3.04. The van der Waals surface area contributed by atoms with Crippen LogP contribution in [0.15, 0.2) is 0 Å². The highest BCUT2D eigenvalue weighted by Crippen LogP contribution is 1.95. The molecule has 0 spiro atoms. The molecule has 0 rings (SSSR count). The van der Waals surface area contributed by atoms with Gasteiger partial charge in [-0.15, -0.1) is 0 Å². The Hall–Kier alpha value is -0.300. The molecule has 4 N–H and O–H groups in total. The standard InChI is InChI=1S/C6H14O9S2/c7-5(3-16(9,10)11)1-15-2-6(8)4-17(12,13)14/h5-8H,1-4H2,(H,9,10,11)(H,12,13,14). The smallest absolute Gasteiger partial charge is 0.267 e. The Morgan fingerprint density at radius 1 is 0.824 bits per heavy atom. The Kier molecular flexibility index (Phi) is 6.47. The minimum absolute atomic E-state index is 0.512. The van der Waals surface area contributed by atoms with Crippen LogP contribution in [-0.4, -0.2) is 73.1 Å². The van der Waals surface area contributed by atoms with Crippen molar-refractivity contribution in [3.8, 4) is 0 Å². The lowest BCUT2D eigenvalue weighted by molar-refractivity contribution is 0.00516. The van der Waals surface area contributed by atoms with E-state index in [1.165, 1.54) is 0 Å². The first-order chi connectivity index (χ1) is 7.49. The van der Waals surface area contributed by atoms with Crippen molar-refractivity contribution in [3.05, 3.63) is 0 Å². The lowest BCUT2D eigenvalue weighted by Crippen LogP contribution is -2.30. The Bertz CT molecular complexity index is 371. The second-order valence-corrected chi connectivity index (χ2v) is 6.34. The SMILES string of the molecule is O=S(=O)(O)CC(O)COCC(O)CS(=O)(=O)O. The van der Waals surface area contributed by atoms with Crippen molar-refractivity contribution in [3.63, 3.8) is 0 Å². The lowest BCUT2D eigenvalue weighted by Gasteiger charge is -2.12. The summed E-state index contributed by atoms with van der Waals surface area (Å²) >= 11 is 0. The Balaban J connectivity index is 3.85. The maximum absolute atomic E-state index is 10.3. The molecule has 104 valence electrons. The summed E-state index contributed by atoms with van der Waals surface area (Å²) in [6.45, 7) is -1.02. The predicted octanol–water partition coefficient (Wildman–Crippen LogP) is -2.50. The second-order valence-electron chi connectivity index (χ2n) is 3.34. The van der Waals surface area contributed by atoms with E-state index in [0.29, 0.717) is 0 Å². The first-order valence-electron chi connectivity index (χ1n) is 4.34. The summed E-state index contributed by atoms with van der Waals surface area (Å²) in [6, 6.07) is 0. The number of aliphatic hydroxyl groups excluding tert-OH is 2. The van der Waals surface area contributed by atoms with Crippen molar-refractivity contribution in [2.24, 2.45) is 0 Å². The van der Waals surface area contributed by atoms with Crippen molar-refractivity contribution in [2.45, 2.75) is 12.2 Å². The van der Waals surface area contributed by atoms with Crippen LogP contribution < -0.4 is 0 Å². The molecule has 9 nitrogen and oxygen atoms in total. The van der Waals surface area contributed by atoms with Gasteiger partial charge in [0.15, 0.2) is 0 Å². The third-order valence-electron chi connectivity index (χ3n) is 1.43. The van der Waals surface area contributed by atoms with Crippen LogP contribution in [0.25, 0.3) is 0 Å². The number of ether oxygens (including phenoxy) is 1. The number of hydrogen-bond acceptors (Lipinski definition) is 7. The van der Waals surface area contributed by atoms with E-state index >= 15 is 0 Å². The van der Waals surface area contributed by atoms with Gasteiger partial charge < -0.3 is 14.9 Å². The highest BCUT2D eigenvalue weighted by atomic mass is 32.2. The fraction of sp³-hybridized carbons (Fsp3) is 1.00. The fourth-order valence-electron chi connectivity index (χ4n) is 0.923. The maximum atomic E-state index is 10.3. The van der Waals surface area contributed by atoms with Gasteiger partial charge in [0.1, 0.15) is 11.5 Å². The van der Waals surface area contributed by atoms with Gasteiger partial charge in [-0.1, -0.05) is 0 Å². The summed E-state index contributed by atoms with van der Waals surface area (Å²) in [4.78, 5) is 0. The molecule has 0 aliphatic rings. The van der Waals surface area contributed by atoms with E-state index in [9.17, 15) is 16.8 Å². The van der Waals surface area contributed by atoms with Gasteiger partial charge in [-0.05, 0) is 0 Å². The summed E-state index contributed by atoms with van der Waals surface area (Å²) in [7, 11) is -8.66. The molecule has 0 aliphatic heterocycles. The second kappa shape index (κ2) is 6.58. The minimum atomic E-state index is -4.33. The molecule has 11 heteroatoms. The van der Waals surface area contributed by atoms with Gasteiger partial charge in [0, 0.05) is 0 Å². The molecule has 0 aromatic rings. The summed E-state index contributed by atoms with van der Waals surface area (Å²) in [5, 5.41) is 18.0. The monoisotopic (exact) mass is 294 g/mol. The third kappa shape index (κ3) is 12.0. The van der Waals surface area contributed by atoms with Crippen molar-refractivity contribution < 1.29 is 40.9 Å². The van der Waals surface area contributed by atoms with Crippen LogP contribution in [0.2, 0.25) is 0 Å². The van der Waals surface area contributed by atoms with Crippen LogP contribution in [0.3, 0.4) is 0 Å². The first-order valence-corrected chi connectivity index (χ1v) is 7.55. The number of aliphatic hydroxyl groups is 2. The molecular weight excluding hydrogens is 280 g/mol.